The van der Waals surface area contributed by atoms with Gasteiger partial charge in [0.1, 0.15) is 0 Å². The van der Waals surface area contributed by atoms with Crippen molar-refractivity contribution < 1.29 is 23.6 Å². The van der Waals surface area contributed by atoms with Crippen LogP contribution in [0.2, 0.25) is 0 Å². The molecule has 1 unspecified atom stereocenters. The summed E-state index contributed by atoms with van der Waals surface area (Å²) in [6, 6.07) is 10.0. The largest absolute Gasteiger partial charge is 1.00 e. The Hall–Kier alpha value is -0.663. The Morgan fingerprint density at radius 3 is 2.44 bits per heavy atom. The zero-order valence-electron chi connectivity index (χ0n) is 10.4. The van der Waals surface area contributed by atoms with Gasteiger partial charge in [-0.15, -0.1) is 5.92 Å². The molecule has 1 atom stereocenters. The Morgan fingerprint density at radius 1 is 1.31 bits per heavy atom. The molecule has 1 aromatic carbocycles. The zero-order chi connectivity index (χ0) is 11.1. The first-order chi connectivity index (χ1) is 7.23. The average Bonchev–Trinajstić information content (AvgIpc) is 2.30. The Labute approximate surface area is 111 Å². The van der Waals surface area contributed by atoms with Gasteiger partial charge in [-0.3, -0.25) is 0 Å². The average molecular weight is 208 g/mol. The standard InChI is InChI=1S/C14H17O.Li/c1-4-5-9-12-14(2,15-3)13-10-7-6-8-11-13;/h6-8,10-11H,1,4-5H2,2-3H3;/q-1;+1. The van der Waals surface area contributed by atoms with E-state index in [0.29, 0.717) is 0 Å². The summed E-state index contributed by atoms with van der Waals surface area (Å²) in [6.07, 6.45) is 1.65. The van der Waals surface area contributed by atoms with Crippen LogP contribution in [0.25, 0.3) is 0 Å². The van der Waals surface area contributed by atoms with E-state index >= 15 is 0 Å². The summed E-state index contributed by atoms with van der Waals surface area (Å²) in [7, 11) is 1.69. The number of ether oxygens (including phenoxy) is 1. The van der Waals surface area contributed by atoms with E-state index in [1.165, 1.54) is 0 Å². The van der Waals surface area contributed by atoms with Crippen LogP contribution in [-0.2, 0) is 10.3 Å². The molecular weight excluding hydrogens is 191 g/mol. The number of benzene rings is 1. The third-order valence-corrected chi connectivity index (χ3v) is 2.36. The van der Waals surface area contributed by atoms with Gasteiger partial charge in [-0.2, -0.15) is 6.42 Å². The van der Waals surface area contributed by atoms with Crippen LogP contribution in [0.1, 0.15) is 25.3 Å². The molecule has 0 spiro atoms. The second kappa shape index (κ2) is 7.58. The van der Waals surface area contributed by atoms with Crippen molar-refractivity contribution in [3.8, 4) is 11.8 Å². The van der Waals surface area contributed by atoms with Gasteiger partial charge >= 0.3 is 18.9 Å². The molecule has 0 bridgehead atoms. The Bertz CT molecular complexity index is 350. The summed E-state index contributed by atoms with van der Waals surface area (Å²) in [4.78, 5) is 0. The van der Waals surface area contributed by atoms with Crippen molar-refractivity contribution in [3.63, 3.8) is 0 Å². The van der Waals surface area contributed by atoms with Crippen molar-refractivity contribution in [2.24, 2.45) is 0 Å². The second-order valence-electron chi connectivity index (χ2n) is 3.51. The number of methoxy groups -OCH3 is 1. The van der Waals surface area contributed by atoms with Crippen LogP contribution in [0.15, 0.2) is 30.3 Å². The van der Waals surface area contributed by atoms with Gasteiger partial charge in [0.2, 0.25) is 0 Å². The molecule has 0 heterocycles. The minimum absolute atomic E-state index is 0. The summed E-state index contributed by atoms with van der Waals surface area (Å²) in [6.45, 7) is 5.75. The molecule has 0 amide bonds. The Balaban J connectivity index is 0.00000225. The molecule has 0 aliphatic carbocycles. The monoisotopic (exact) mass is 208 g/mol. The first-order valence-corrected chi connectivity index (χ1v) is 5.13. The number of rotatable bonds is 3. The third-order valence-electron chi connectivity index (χ3n) is 2.36. The molecule has 0 aliphatic rings. The smallest absolute Gasteiger partial charge is 0.362 e. The van der Waals surface area contributed by atoms with Crippen molar-refractivity contribution in [1.29, 1.82) is 0 Å². The summed E-state index contributed by atoms with van der Waals surface area (Å²) in [5, 5.41) is 0. The van der Waals surface area contributed by atoms with Crippen molar-refractivity contribution in [2.45, 2.75) is 25.4 Å². The molecule has 1 rings (SSSR count). The van der Waals surface area contributed by atoms with Crippen molar-refractivity contribution >= 4 is 0 Å². The van der Waals surface area contributed by atoms with E-state index in [0.717, 1.165) is 18.4 Å². The van der Waals surface area contributed by atoms with E-state index in [4.69, 9.17) is 4.74 Å². The minimum atomic E-state index is -0.504. The molecule has 0 aliphatic heterocycles. The van der Waals surface area contributed by atoms with Crippen LogP contribution in [0, 0.1) is 18.8 Å². The summed E-state index contributed by atoms with van der Waals surface area (Å²) in [5.41, 5.74) is 0.584. The first kappa shape index (κ1) is 15.3. The van der Waals surface area contributed by atoms with Crippen LogP contribution in [0.4, 0.5) is 0 Å². The predicted molar refractivity (Wildman–Crippen MR) is 63.2 cm³/mol. The number of hydrogen-bond donors (Lipinski definition) is 0. The minimum Gasteiger partial charge on any atom is -0.362 e. The summed E-state index contributed by atoms with van der Waals surface area (Å²) in [5.74, 6) is 6.24. The maximum absolute atomic E-state index is 5.48. The van der Waals surface area contributed by atoms with Gasteiger partial charge in [0.15, 0.2) is 5.60 Å². The summed E-state index contributed by atoms with van der Waals surface area (Å²) < 4.78 is 5.48. The third kappa shape index (κ3) is 4.07. The second-order valence-corrected chi connectivity index (χ2v) is 3.51. The number of unbranched alkanes of at least 4 members (excludes halogenated alkanes) is 1. The normalized spacial score (nSPS) is 12.9. The molecule has 80 valence electrons. The van der Waals surface area contributed by atoms with Crippen LogP contribution in [0.5, 0.6) is 0 Å². The van der Waals surface area contributed by atoms with Gasteiger partial charge in [0.05, 0.1) is 0 Å². The van der Waals surface area contributed by atoms with Gasteiger partial charge in [-0.25, -0.2) is 0 Å². The van der Waals surface area contributed by atoms with Gasteiger partial charge in [-0.1, -0.05) is 36.3 Å². The van der Waals surface area contributed by atoms with Gasteiger partial charge in [0, 0.05) is 7.11 Å². The Morgan fingerprint density at radius 2 is 1.94 bits per heavy atom. The van der Waals surface area contributed by atoms with Crippen molar-refractivity contribution in [3.05, 3.63) is 42.8 Å². The molecule has 2 heteroatoms. The fraction of sp³-hybridized carbons (Fsp3) is 0.357. The molecule has 1 nitrogen and oxygen atoms in total. The first-order valence-electron chi connectivity index (χ1n) is 5.13. The van der Waals surface area contributed by atoms with Crippen LogP contribution in [-0.4, -0.2) is 7.11 Å². The topological polar surface area (TPSA) is 9.23 Å². The van der Waals surface area contributed by atoms with E-state index in [9.17, 15) is 0 Å². The maximum Gasteiger partial charge on any atom is 1.00 e. The van der Waals surface area contributed by atoms with Crippen LogP contribution < -0.4 is 18.9 Å². The van der Waals surface area contributed by atoms with Crippen LogP contribution in [0.3, 0.4) is 0 Å². The van der Waals surface area contributed by atoms with Gasteiger partial charge in [-0.05, 0) is 18.9 Å². The molecular formula is C14H17LiO. The molecule has 16 heavy (non-hydrogen) atoms. The molecule has 0 N–H and O–H groups in total. The van der Waals surface area contributed by atoms with Gasteiger partial charge < -0.3 is 11.7 Å². The molecule has 0 aromatic heterocycles. The maximum atomic E-state index is 5.48. The quantitative estimate of drug-likeness (QED) is 0.391. The summed E-state index contributed by atoms with van der Waals surface area (Å²) >= 11 is 0. The Kier molecular flexibility index (Phi) is 7.27. The van der Waals surface area contributed by atoms with Crippen LogP contribution >= 0.6 is 0 Å². The van der Waals surface area contributed by atoms with E-state index in [1.54, 1.807) is 7.11 Å². The van der Waals surface area contributed by atoms with Crippen molar-refractivity contribution in [1.82, 2.24) is 0 Å². The van der Waals surface area contributed by atoms with E-state index < -0.39 is 5.60 Å². The zero-order valence-corrected chi connectivity index (χ0v) is 10.4. The van der Waals surface area contributed by atoms with E-state index in [-0.39, 0.29) is 18.9 Å². The SMILES string of the molecule is [CH2-]CCC#CC(C)(OC)c1ccccc1.[Li+]. The van der Waals surface area contributed by atoms with E-state index in [2.05, 4.69) is 18.8 Å². The fourth-order valence-electron chi connectivity index (χ4n) is 1.32. The van der Waals surface area contributed by atoms with Gasteiger partial charge in [0.25, 0.3) is 0 Å². The molecule has 0 radical (unpaired) electrons. The predicted octanol–water partition coefficient (Wildman–Crippen LogP) is 0.170. The molecule has 0 saturated carbocycles. The molecule has 0 fully saturated rings. The van der Waals surface area contributed by atoms with E-state index in [1.807, 2.05) is 37.3 Å². The molecule has 1 aromatic rings. The van der Waals surface area contributed by atoms with Crippen molar-refractivity contribution in [2.75, 3.05) is 7.11 Å². The number of hydrogen-bond acceptors (Lipinski definition) is 1. The molecule has 0 saturated heterocycles. The fourth-order valence-corrected chi connectivity index (χ4v) is 1.32.